The van der Waals surface area contributed by atoms with Crippen molar-refractivity contribution in [3.63, 3.8) is 0 Å². The molecule has 2 aliphatic carbocycles. The van der Waals surface area contributed by atoms with Gasteiger partial charge in [-0.25, -0.2) is 0 Å². The molecule has 1 heterocycles. The monoisotopic (exact) mass is 406 g/mol. The molecule has 3 aliphatic rings. The summed E-state index contributed by atoms with van der Waals surface area (Å²) >= 11 is 0. The highest BCUT2D eigenvalue weighted by Crippen LogP contribution is 2.43. The minimum Gasteiger partial charge on any atom is -0.486 e. The highest BCUT2D eigenvalue weighted by molar-refractivity contribution is 5.97. The molecule has 0 saturated heterocycles. The molecule has 6 heteroatoms. The zero-order valence-electron chi connectivity index (χ0n) is 17.0. The number of fused-ring (bicyclic) bond motifs is 1. The Hall–Kier alpha value is -3.02. The molecule has 3 atom stereocenters. The highest BCUT2D eigenvalue weighted by Gasteiger charge is 2.39. The summed E-state index contributed by atoms with van der Waals surface area (Å²) < 4.78 is 11.3. The Labute approximate surface area is 176 Å². The Morgan fingerprint density at radius 3 is 2.37 bits per heavy atom. The van der Waals surface area contributed by atoms with Gasteiger partial charge in [-0.05, 0) is 73.1 Å². The van der Waals surface area contributed by atoms with E-state index in [9.17, 15) is 9.59 Å². The van der Waals surface area contributed by atoms with Gasteiger partial charge in [0.2, 0.25) is 5.91 Å². The van der Waals surface area contributed by atoms with Crippen LogP contribution >= 0.6 is 0 Å². The largest absolute Gasteiger partial charge is 0.486 e. The van der Waals surface area contributed by atoms with Crippen molar-refractivity contribution in [1.29, 1.82) is 0 Å². The van der Waals surface area contributed by atoms with Crippen LogP contribution in [0.2, 0.25) is 0 Å². The number of hydrogen-bond donors (Lipinski definition) is 2. The predicted molar refractivity (Wildman–Crippen MR) is 113 cm³/mol. The molecule has 2 saturated carbocycles. The SMILES string of the molecule is CC1CC1C(=O)Nc1ccc(C(=O)NC(c2ccc3c(c2)OCCO3)C2CC2)cc1. The van der Waals surface area contributed by atoms with Gasteiger partial charge in [0.25, 0.3) is 5.91 Å². The van der Waals surface area contributed by atoms with Crippen LogP contribution in [0.25, 0.3) is 0 Å². The van der Waals surface area contributed by atoms with Crippen LogP contribution in [0, 0.1) is 17.8 Å². The van der Waals surface area contributed by atoms with Crippen LogP contribution in [0.4, 0.5) is 5.69 Å². The fourth-order valence-electron chi connectivity index (χ4n) is 4.01. The van der Waals surface area contributed by atoms with E-state index in [0.29, 0.717) is 30.6 Å². The minimum atomic E-state index is -0.115. The van der Waals surface area contributed by atoms with Crippen LogP contribution in [-0.4, -0.2) is 25.0 Å². The fourth-order valence-corrected chi connectivity index (χ4v) is 4.01. The quantitative estimate of drug-likeness (QED) is 0.762. The molecule has 6 nitrogen and oxygen atoms in total. The van der Waals surface area contributed by atoms with Crippen LogP contribution in [0.15, 0.2) is 42.5 Å². The summed E-state index contributed by atoms with van der Waals surface area (Å²) in [6.45, 7) is 3.18. The number of amides is 2. The molecule has 0 bridgehead atoms. The van der Waals surface area contributed by atoms with Crippen molar-refractivity contribution in [2.75, 3.05) is 18.5 Å². The van der Waals surface area contributed by atoms with Crippen LogP contribution in [0.5, 0.6) is 11.5 Å². The summed E-state index contributed by atoms with van der Waals surface area (Å²) in [5.41, 5.74) is 2.34. The smallest absolute Gasteiger partial charge is 0.251 e. The summed E-state index contributed by atoms with van der Waals surface area (Å²) in [5.74, 6) is 2.47. The lowest BCUT2D eigenvalue weighted by Gasteiger charge is -2.23. The third-order valence-corrected chi connectivity index (χ3v) is 6.17. The van der Waals surface area contributed by atoms with Gasteiger partial charge in [-0.1, -0.05) is 13.0 Å². The van der Waals surface area contributed by atoms with Gasteiger partial charge in [0.1, 0.15) is 13.2 Å². The van der Waals surface area contributed by atoms with Crippen LogP contribution < -0.4 is 20.1 Å². The van der Waals surface area contributed by atoms with Gasteiger partial charge in [-0.3, -0.25) is 9.59 Å². The number of nitrogens with one attached hydrogen (secondary N) is 2. The number of ether oxygens (including phenoxy) is 2. The maximum atomic E-state index is 12.9. The molecule has 0 radical (unpaired) electrons. The summed E-state index contributed by atoms with van der Waals surface area (Å²) in [5, 5.41) is 6.12. The van der Waals surface area contributed by atoms with Crippen molar-refractivity contribution in [1.82, 2.24) is 5.32 Å². The lowest BCUT2D eigenvalue weighted by atomic mass is 10.0. The van der Waals surface area contributed by atoms with E-state index in [0.717, 1.165) is 42.0 Å². The third-order valence-electron chi connectivity index (χ3n) is 6.17. The number of benzene rings is 2. The van der Waals surface area contributed by atoms with Crippen molar-refractivity contribution < 1.29 is 19.1 Å². The number of carbonyl (C=O) groups excluding carboxylic acids is 2. The minimum absolute atomic E-state index is 0.0518. The average molecular weight is 406 g/mol. The van der Waals surface area contributed by atoms with Crippen molar-refractivity contribution in [2.24, 2.45) is 17.8 Å². The molecule has 30 heavy (non-hydrogen) atoms. The third kappa shape index (κ3) is 3.99. The summed E-state index contributed by atoms with van der Waals surface area (Å²) in [6, 6.07) is 13.0. The molecule has 2 fully saturated rings. The number of anilines is 1. The first-order valence-electron chi connectivity index (χ1n) is 10.7. The lowest BCUT2D eigenvalue weighted by Crippen LogP contribution is -2.30. The van der Waals surface area contributed by atoms with Gasteiger partial charge in [-0.2, -0.15) is 0 Å². The molecule has 2 aromatic carbocycles. The molecule has 5 rings (SSSR count). The molecule has 2 N–H and O–H groups in total. The summed E-state index contributed by atoms with van der Waals surface area (Å²) in [7, 11) is 0. The molecule has 3 unspecified atom stereocenters. The van der Waals surface area contributed by atoms with Crippen molar-refractivity contribution >= 4 is 17.5 Å². The first-order chi connectivity index (χ1) is 14.6. The Bertz CT molecular complexity index is 968. The van der Waals surface area contributed by atoms with Crippen LogP contribution in [-0.2, 0) is 4.79 Å². The van der Waals surface area contributed by atoms with E-state index in [1.807, 2.05) is 18.2 Å². The Balaban J connectivity index is 1.26. The highest BCUT2D eigenvalue weighted by atomic mass is 16.6. The lowest BCUT2D eigenvalue weighted by molar-refractivity contribution is -0.117. The van der Waals surface area contributed by atoms with Gasteiger partial charge in [0.15, 0.2) is 11.5 Å². The molecule has 156 valence electrons. The molecule has 1 aliphatic heterocycles. The van der Waals surface area contributed by atoms with E-state index in [1.165, 1.54) is 0 Å². The molecule has 2 amide bonds. The molecular formula is C24H26N2O4. The maximum Gasteiger partial charge on any atom is 0.251 e. The van der Waals surface area contributed by atoms with E-state index < -0.39 is 0 Å². The Kier molecular flexibility index (Phi) is 4.85. The van der Waals surface area contributed by atoms with E-state index in [-0.39, 0.29) is 23.8 Å². The number of hydrogen-bond acceptors (Lipinski definition) is 4. The van der Waals surface area contributed by atoms with E-state index in [1.54, 1.807) is 24.3 Å². The maximum absolute atomic E-state index is 12.9. The normalized spacial score (nSPS) is 22.7. The van der Waals surface area contributed by atoms with Gasteiger partial charge >= 0.3 is 0 Å². The fraction of sp³-hybridized carbons (Fsp3) is 0.417. The second-order valence-corrected chi connectivity index (χ2v) is 8.58. The van der Waals surface area contributed by atoms with E-state index >= 15 is 0 Å². The second-order valence-electron chi connectivity index (χ2n) is 8.58. The standard InChI is InChI=1S/C24H26N2O4/c1-14-12-19(14)24(28)25-18-7-4-16(5-8-18)23(27)26-22(15-2-3-15)17-6-9-20-21(13-17)30-11-10-29-20/h4-9,13-15,19,22H,2-3,10-12H2,1H3,(H,25,28)(H,26,27). The molecule has 0 aromatic heterocycles. The van der Waals surface area contributed by atoms with Crippen LogP contribution in [0.3, 0.4) is 0 Å². The van der Waals surface area contributed by atoms with Crippen molar-refractivity contribution in [3.05, 3.63) is 53.6 Å². The van der Waals surface area contributed by atoms with Gasteiger partial charge < -0.3 is 20.1 Å². The molecular weight excluding hydrogens is 380 g/mol. The Morgan fingerprint density at radius 1 is 1.00 bits per heavy atom. The van der Waals surface area contributed by atoms with E-state index in [2.05, 4.69) is 17.6 Å². The van der Waals surface area contributed by atoms with Crippen LogP contribution in [0.1, 0.15) is 48.1 Å². The zero-order chi connectivity index (χ0) is 20.7. The summed E-state index contributed by atoms with van der Waals surface area (Å²) in [6.07, 6.45) is 3.16. The predicted octanol–water partition coefficient (Wildman–Crippen LogP) is 3.93. The van der Waals surface area contributed by atoms with Gasteiger partial charge in [0, 0.05) is 17.2 Å². The first-order valence-corrected chi connectivity index (χ1v) is 10.7. The van der Waals surface area contributed by atoms with Gasteiger partial charge in [-0.15, -0.1) is 0 Å². The van der Waals surface area contributed by atoms with Gasteiger partial charge in [0.05, 0.1) is 6.04 Å². The van der Waals surface area contributed by atoms with E-state index in [4.69, 9.17) is 9.47 Å². The zero-order valence-corrected chi connectivity index (χ0v) is 17.0. The second kappa shape index (κ2) is 7.67. The number of rotatable bonds is 6. The average Bonchev–Trinajstić information content (AvgIpc) is 3.69. The van der Waals surface area contributed by atoms with Crippen molar-refractivity contribution in [2.45, 2.75) is 32.2 Å². The number of carbonyl (C=O) groups is 2. The summed E-state index contributed by atoms with van der Waals surface area (Å²) in [4.78, 5) is 25.0. The van der Waals surface area contributed by atoms with Crippen molar-refractivity contribution in [3.8, 4) is 11.5 Å². The topological polar surface area (TPSA) is 76.7 Å². The molecule has 0 spiro atoms. The first kappa shape index (κ1) is 19.0. The molecule has 2 aromatic rings. The Morgan fingerprint density at radius 2 is 1.70 bits per heavy atom.